The molecule has 0 radical (unpaired) electrons. The molecule has 1 rings (SSSR count). The van der Waals surface area contributed by atoms with Crippen molar-refractivity contribution in [3.05, 3.63) is 23.8 Å². The fraction of sp³-hybridized carbons (Fsp3) is 0.412. The van der Waals surface area contributed by atoms with Gasteiger partial charge in [-0.25, -0.2) is 4.79 Å². The lowest BCUT2D eigenvalue weighted by atomic mass is 10.1. The number of benzene rings is 1. The summed E-state index contributed by atoms with van der Waals surface area (Å²) in [6.45, 7) is 3.99. The molecule has 0 unspecified atom stereocenters. The summed E-state index contributed by atoms with van der Waals surface area (Å²) in [5.41, 5.74) is 0.656. The molecule has 0 fully saturated rings. The number of methoxy groups -OCH3 is 2. The lowest BCUT2D eigenvalue weighted by Gasteiger charge is -2.13. The quantitative estimate of drug-likeness (QED) is 0.416. The van der Waals surface area contributed by atoms with Crippen LogP contribution in [0.15, 0.2) is 18.2 Å². The third kappa shape index (κ3) is 5.65. The van der Waals surface area contributed by atoms with Crippen molar-refractivity contribution in [1.82, 2.24) is 0 Å². The van der Waals surface area contributed by atoms with Gasteiger partial charge in [0.1, 0.15) is 0 Å². The highest BCUT2D eigenvalue weighted by atomic mass is 16.6. The standard InChI is InChI=1S/C17H22O6/c1-5-9-22-16(19)8-7-12-10-13(20-3)17(14(11-12)21-4)23-15(18)6-2/h7-8,10-11H,5-6,9H2,1-4H3/b8-7+. The van der Waals surface area contributed by atoms with Gasteiger partial charge in [0.05, 0.1) is 20.8 Å². The molecular weight excluding hydrogens is 300 g/mol. The predicted molar refractivity (Wildman–Crippen MR) is 85.8 cm³/mol. The highest BCUT2D eigenvalue weighted by Gasteiger charge is 2.16. The van der Waals surface area contributed by atoms with Crippen LogP contribution >= 0.6 is 0 Å². The second kappa shape index (κ2) is 9.50. The molecular formula is C17H22O6. The molecule has 6 nitrogen and oxygen atoms in total. The number of hydrogen-bond acceptors (Lipinski definition) is 6. The van der Waals surface area contributed by atoms with Crippen LogP contribution in [0.1, 0.15) is 32.3 Å². The third-order valence-corrected chi connectivity index (χ3v) is 2.85. The zero-order valence-electron chi connectivity index (χ0n) is 13.9. The van der Waals surface area contributed by atoms with E-state index in [2.05, 4.69) is 0 Å². The minimum Gasteiger partial charge on any atom is -0.493 e. The van der Waals surface area contributed by atoms with Crippen molar-refractivity contribution in [1.29, 1.82) is 0 Å². The Labute approximate surface area is 136 Å². The Morgan fingerprint density at radius 2 is 1.70 bits per heavy atom. The fourth-order valence-electron chi connectivity index (χ4n) is 1.70. The Morgan fingerprint density at radius 1 is 1.09 bits per heavy atom. The van der Waals surface area contributed by atoms with Crippen molar-refractivity contribution >= 4 is 18.0 Å². The van der Waals surface area contributed by atoms with Gasteiger partial charge in [-0.2, -0.15) is 0 Å². The normalized spacial score (nSPS) is 10.4. The van der Waals surface area contributed by atoms with Gasteiger partial charge in [-0.15, -0.1) is 0 Å². The highest BCUT2D eigenvalue weighted by molar-refractivity contribution is 5.87. The fourth-order valence-corrected chi connectivity index (χ4v) is 1.70. The van der Waals surface area contributed by atoms with E-state index >= 15 is 0 Å². The van der Waals surface area contributed by atoms with Gasteiger partial charge in [-0.05, 0) is 30.2 Å². The van der Waals surface area contributed by atoms with Crippen LogP contribution < -0.4 is 14.2 Å². The molecule has 0 aromatic heterocycles. The second-order valence-corrected chi connectivity index (χ2v) is 4.58. The summed E-state index contributed by atoms with van der Waals surface area (Å²) in [5.74, 6) is 0.0762. The Hall–Kier alpha value is -2.50. The molecule has 6 heteroatoms. The summed E-state index contributed by atoms with van der Waals surface area (Å²) in [6.07, 6.45) is 3.89. The van der Waals surface area contributed by atoms with Gasteiger partial charge in [0.25, 0.3) is 0 Å². The maximum Gasteiger partial charge on any atom is 0.330 e. The number of hydrogen-bond donors (Lipinski definition) is 0. The molecule has 126 valence electrons. The minimum atomic E-state index is -0.425. The summed E-state index contributed by atoms with van der Waals surface area (Å²) in [7, 11) is 2.92. The van der Waals surface area contributed by atoms with Crippen LogP contribution in [0, 0.1) is 0 Å². The van der Waals surface area contributed by atoms with Crippen LogP contribution in [0.5, 0.6) is 17.2 Å². The van der Waals surface area contributed by atoms with Crippen molar-refractivity contribution < 1.29 is 28.5 Å². The van der Waals surface area contributed by atoms with Crippen molar-refractivity contribution in [2.45, 2.75) is 26.7 Å². The Bertz CT molecular complexity index is 551. The van der Waals surface area contributed by atoms with Gasteiger partial charge in [0.15, 0.2) is 11.5 Å². The van der Waals surface area contributed by atoms with E-state index in [0.29, 0.717) is 23.7 Å². The van der Waals surface area contributed by atoms with Crippen molar-refractivity contribution in [2.24, 2.45) is 0 Å². The van der Waals surface area contributed by atoms with Gasteiger partial charge >= 0.3 is 11.9 Å². The van der Waals surface area contributed by atoms with Gasteiger partial charge in [0, 0.05) is 12.5 Å². The van der Waals surface area contributed by atoms with Crippen molar-refractivity contribution in [3.8, 4) is 17.2 Å². The zero-order chi connectivity index (χ0) is 17.2. The van der Waals surface area contributed by atoms with E-state index in [4.69, 9.17) is 18.9 Å². The van der Waals surface area contributed by atoms with E-state index in [1.807, 2.05) is 6.92 Å². The zero-order valence-corrected chi connectivity index (χ0v) is 13.9. The van der Waals surface area contributed by atoms with Gasteiger partial charge in [-0.3, -0.25) is 4.79 Å². The topological polar surface area (TPSA) is 71.1 Å². The average Bonchev–Trinajstić information content (AvgIpc) is 2.58. The Kier molecular flexibility index (Phi) is 7.66. The van der Waals surface area contributed by atoms with E-state index in [0.717, 1.165) is 6.42 Å². The van der Waals surface area contributed by atoms with E-state index in [9.17, 15) is 9.59 Å². The number of carbonyl (C=O) groups is 2. The smallest absolute Gasteiger partial charge is 0.330 e. The summed E-state index contributed by atoms with van der Waals surface area (Å²) in [4.78, 5) is 23.0. The molecule has 0 aliphatic heterocycles. The maximum absolute atomic E-state index is 11.5. The largest absolute Gasteiger partial charge is 0.493 e. The average molecular weight is 322 g/mol. The molecule has 0 saturated heterocycles. The molecule has 0 amide bonds. The summed E-state index contributed by atoms with van der Waals surface area (Å²) in [6, 6.07) is 3.29. The molecule has 23 heavy (non-hydrogen) atoms. The minimum absolute atomic E-state index is 0.215. The molecule has 0 aliphatic carbocycles. The molecule has 0 saturated carbocycles. The first-order chi connectivity index (χ1) is 11.0. The van der Waals surface area contributed by atoms with Gasteiger partial charge < -0.3 is 18.9 Å². The van der Waals surface area contributed by atoms with Crippen molar-refractivity contribution in [3.63, 3.8) is 0 Å². The molecule has 0 heterocycles. The summed E-state index contributed by atoms with van der Waals surface area (Å²) < 4.78 is 20.7. The number of esters is 2. The van der Waals surface area contributed by atoms with Crippen LogP contribution in [0.25, 0.3) is 6.08 Å². The lowest BCUT2D eigenvalue weighted by Crippen LogP contribution is -2.08. The number of ether oxygens (including phenoxy) is 4. The Morgan fingerprint density at radius 3 is 2.17 bits per heavy atom. The van der Waals surface area contributed by atoms with E-state index < -0.39 is 11.9 Å². The molecule has 0 spiro atoms. The third-order valence-electron chi connectivity index (χ3n) is 2.85. The van der Waals surface area contributed by atoms with Crippen LogP contribution in [0.2, 0.25) is 0 Å². The SMILES string of the molecule is CCCOC(=O)/C=C/c1cc(OC)c(OC(=O)CC)c(OC)c1. The Balaban J connectivity index is 3.05. The van der Waals surface area contributed by atoms with E-state index in [-0.39, 0.29) is 12.2 Å². The van der Waals surface area contributed by atoms with E-state index in [1.165, 1.54) is 20.3 Å². The monoisotopic (exact) mass is 322 g/mol. The molecule has 1 aromatic carbocycles. The molecule has 1 aromatic rings. The molecule has 0 atom stereocenters. The number of carbonyl (C=O) groups excluding carboxylic acids is 2. The van der Waals surface area contributed by atoms with Crippen molar-refractivity contribution in [2.75, 3.05) is 20.8 Å². The van der Waals surface area contributed by atoms with Crippen LogP contribution in [-0.2, 0) is 14.3 Å². The first kappa shape index (κ1) is 18.5. The maximum atomic E-state index is 11.5. The van der Waals surface area contributed by atoms with Gasteiger partial charge in [0.2, 0.25) is 5.75 Å². The van der Waals surface area contributed by atoms with Gasteiger partial charge in [-0.1, -0.05) is 13.8 Å². The first-order valence-electron chi connectivity index (χ1n) is 7.37. The molecule has 0 aliphatic rings. The second-order valence-electron chi connectivity index (χ2n) is 4.58. The van der Waals surface area contributed by atoms with Crippen LogP contribution in [-0.4, -0.2) is 32.8 Å². The molecule has 0 bridgehead atoms. The summed E-state index contributed by atoms with van der Waals surface area (Å²) in [5, 5.41) is 0. The first-order valence-corrected chi connectivity index (χ1v) is 7.37. The predicted octanol–water partition coefficient (Wildman–Crippen LogP) is 2.99. The summed E-state index contributed by atoms with van der Waals surface area (Å²) >= 11 is 0. The van der Waals surface area contributed by atoms with E-state index in [1.54, 1.807) is 25.1 Å². The van der Waals surface area contributed by atoms with Crippen LogP contribution in [0.3, 0.4) is 0 Å². The lowest BCUT2D eigenvalue weighted by molar-refractivity contribution is -0.137. The molecule has 0 N–H and O–H groups in total. The number of rotatable bonds is 8. The van der Waals surface area contributed by atoms with Crippen LogP contribution in [0.4, 0.5) is 0 Å². The highest BCUT2D eigenvalue weighted by Crippen LogP contribution is 2.39.